The van der Waals surface area contributed by atoms with Crippen LogP contribution in [0.1, 0.15) is 18.5 Å². The Kier molecular flexibility index (Phi) is 5.88. The van der Waals surface area contributed by atoms with Crippen LogP contribution in [0.15, 0.2) is 84.3 Å². The Morgan fingerprint density at radius 1 is 1.06 bits per heavy atom. The number of anilines is 2. The highest BCUT2D eigenvalue weighted by atomic mass is 16.5. The summed E-state index contributed by atoms with van der Waals surface area (Å²) in [6.07, 6.45) is 3.40. The zero-order valence-corrected chi connectivity index (χ0v) is 19.5. The van der Waals surface area contributed by atoms with Gasteiger partial charge >= 0.3 is 0 Å². The van der Waals surface area contributed by atoms with Crippen LogP contribution in [0.25, 0.3) is 11.4 Å². The van der Waals surface area contributed by atoms with E-state index in [2.05, 4.69) is 20.6 Å². The van der Waals surface area contributed by atoms with Crippen molar-refractivity contribution in [2.45, 2.75) is 13.0 Å². The van der Waals surface area contributed by atoms with E-state index in [1.165, 1.54) is 0 Å². The van der Waals surface area contributed by atoms with Crippen LogP contribution in [0, 0.1) is 0 Å². The molecule has 2 aromatic heterocycles. The predicted octanol–water partition coefficient (Wildman–Crippen LogP) is 4.28. The van der Waals surface area contributed by atoms with Crippen molar-refractivity contribution in [3.8, 4) is 22.9 Å². The van der Waals surface area contributed by atoms with Crippen LogP contribution >= 0.6 is 0 Å². The number of nitrogens with zero attached hydrogens (tertiary/aromatic N) is 4. The Morgan fingerprint density at radius 2 is 1.89 bits per heavy atom. The molecule has 9 nitrogen and oxygen atoms in total. The minimum absolute atomic E-state index is 0.256. The van der Waals surface area contributed by atoms with Gasteiger partial charge in [-0.15, -0.1) is 5.10 Å². The van der Waals surface area contributed by atoms with Crippen LogP contribution in [0.4, 0.5) is 11.6 Å². The van der Waals surface area contributed by atoms with E-state index in [1.54, 1.807) is 37.4 Å². The SMILES string of the molecule is COc1ccc(C2C(C(=O)Nc3ccccc3)=C(C)Nc3nc(-c4cccnc4)nn32)c(OC)c1. The Morgan fingerprint density at radius 3 is 2.60 bits per heavy atom. The van der Waals surface area contributed by atoms with Crippen LogP contribution in [0.3, 0.4) is 0 Å². The van der Waals surface area contributed by atoms with Gasteiger partial charge in [-0.05, 0) is 43.3 Å². The zero-order valence-electron chi connectivity index (χ0n) is 19.5. The number of rotatable bonds is 6. The van der Waals surface area contributed by atoms with Crippen LogP contribution < -0.4 is 20.1 Å². The second kappa shape index (κ2) is 9.30. The average Bonchev–Trinajstić information content (AvgIpc) is 3.32. The molecule has 1 unspecified atom stereocenters. The topological polar surface area (TPSA) is 103 Å². The molecule has 2 aromatic carbocycles. The number of amides is 1. The molecular weight excluding hydrogens is 444 g/mol. The fourth-order valence-corrected chi connectivity index (χ4v) is 4.11. The van der Waals surface area contributed by atoms with Crippen molar-refractivity contribution in [3.63, 3.8) is 0 Å². The van der Waals surface area contributed by atoms with Crippen molar-refractivity contribution in [2.24, 2.45) is 0 Å². The number of hydrogen-bond acceptors (Lipinski definition) is 7. The highest BCUT2D eigenvalue weighted by Crippen LogP contribution is 2.41. The molecule has 1 aliphatic heterocycles. The van der Waals surface area contributed by atoms with Crippen LogP contribution in [0.2, 0.25) is 0 Å². The first-order chi connectivity index (χ1) is 17.1. The predicted molar refractivity (Wildman–Crippen MR) is 132 cm³/mol. The van der Waals surface area contributed by atoms with E-state index >= 15 is 0 Å². The molecule has 9 heteroatoms. The van der Waals surface area contributed by atoms with Gasteiger partial charge in [-0.2, -0.15) is 4.98 Å². The number of nitrogens with one attached hydrogen (secondary N) is 2. The molecule has 5 rings (SSSR count). The fraction of sp³-hybridized carbons (Fsp3) is 0.154. The molecule has 0 saturated heterocycles. The first-order valence-electron chi connectivity index (χ1n) is 11.0. The number of carbonyl (C=O) groups excluding carboxylic acids is 1. The van der Waals surface area contributed by atoms with Gasteiger partial charge in [0.25, 0.3) is 5.91 Å². The lowest BCUT2D eigenvalue weighted by molar-refractivity contribution is -0.113. The van der Waals surface area contributed by atoms with Gasteiger partial charge in [0, 0.05) is 41.0 Å². The molecule has 35 heavy (non-hydrogen) atoms. The molecule has 1 atom stereocenters. The van der Waals surface area contributed by atoms with Crippen molar-refractivity contribution in [3.05, 3.63) is 89.9 Å². The van der Waals surface area contributed by atoms with E-state index in [0.717, 1.165) is 11.1 Å². The highest BCUT2D eigenvalue weighted by molar-refractivity contribution is 6.06. The van der Waals surface area contributed by atoms with E-state index in [9.17, 15) is 4.79 Å². The van der Waals surface area contributed by atoms with Crippen LogP contribution in [0.5, 0.6) is 11.5 Å². The summed E-state index contributed by atoms with van der Waals surface area (Å²) in [6.45, 7) is 1.85. The Balaban J connectivity index is 1.65. The third-order valence-electron chi connectivity index (χ3n) is 5.78. The number of aromatic nitrogens is 4. The van der Waals surface area contributed by atoms with E-state index in [-0.39, 0.29) is 5.91 Å². The number of hydrogen-bond donors (Lipinski definition) is 2. The summed E-state index contributed by atoms with van der Waals surface area (Å²) >= 11 is 0. The van der Waals surface area contributed by atoms with Crippen molar-refractivity contribution in [1.82, 2.24) is 19.7 Å². The van der Waals surface area contributed by atoms with Gasteiger partial charge in [0.15, 0.2) is 5.82 Å². The van der Waals surface area contributed by atoms with E-state index in [1.807, 2.05) is 61.5 Å². The normalized spacial score (nSPS) is 14.7. The number of benzene rings is 2. The molecule has 3 heterocycles. The van der Waals surface area contributed by atoms with Gasteiger partial charge in [0.05, 0.1) is 19.8 Å². The number of fused-ring (bicyclic) bond motifs is 1. The van der Waals surface area contributed by atoms with Crippen molar-refractivity contribution in [1.29, 1.82) is 0 Å². The lowest BCUT2D eigenvalue weighted by Gasteiger charge is -2.29. The van der Waals surface area contributed by atoms with E-state index in [4.69, 9.17) is 14.6 Å². The lowest BCUT2D eigenvalue weighted by Crippen LogP contribution is -2.31. The van der Waals surface area contributed by atoms with Crippen molar-refractivity contribution in [2.75, 3.05) is 24.9 Å². The number of ether oxygens (including phenoxy) is 2. The third-order valence-corrected chi connectivity index (χ3v) is 5.78. The maximum absolute atomic E-state index is 13.6. The number of methoxy groups -OCH3 is 2. The summed E-state index contributed by atoms with van der Waals surface area (Å²) in [6, 6.07) is 17.9. The highest BCUT2D eigenvalue weighted by Gasteiger charge is 2.36. The maximum atomic E-state index is 13.6. The summed E-state index contributed by atoms with van der Waals surface area (Å²) in [4.78, 5) is 22.5. The zero-order chi connectivity index (χ0) is 24.4. The summed E-state index contributed by atoms with van der Waals surface area (Å²) in [5.74, 6) is 1.97. The van der Waals surface area contributed by atoms with Gasteiger partial charge in [0.1, 0.15) is 17.5 Å². The quantitative estimate of drug-likeness (QED) is 0.435. The average molecular weight is 469 g/mol. The van der Waals surface area contributed by atoms with E-state index in [0.29, 0.717) is 40.2 Å². The Labute approximate surface area is 202 Å². The summed E-state index contributed by atoms with van der Waals surface area (Å²) < 4.78 is 12.8. The van der Waals surface area contributed by atoms with Gasteiger partial charge < -0.3 is 20.1 Å². The molecule has 0 saturated carbocycles. The monoisotopic (exact) mass is 468 g/mol. The second-order valence-corrected chi connectivity index (χ2v) is 7.94. The molecule has 0 radical (unpaired) electrons. The van der Waals surface area contributed by atoms with Gasteiger partial charge in [-0.3, -0.25) is 9.78 Å². The van der Waals surface area contributed by atoms with Gasteiger partial charge in [-0.25, -0.2) is 4.68 Å². The van der Waals surface area contributed by atoms with Gasteiger partial charge in [0.2, 0.25) is 5.95 Å². The van der Waals surface area contributed by atoms with Crippen LogP contribution in [-0.2, 0) is 4.79 Å². The summed E-state index contributed by atoms with van der Waals surface area (Å²) in [7, 11) is 3.18. The summed E-state index contributed by atoms with van der Waals surface area (Å²) in [5, 5.41) is 11.0. The third kappa shape index (κ3) is 4.19. The smallest absolute Gasteiger partial charge is 0.255 e. The summed E-state index contributed by atoms with van der Waals surface area (Å²) in [5.41, 5.74) is 3.37. The van der Waals surface area contributed by atoms with Crippen molar-refractivity contribution < 1.29 is 14.3 Å². The number of pyridine rings is 1. The van der Waals surface area contributed by atoms with Crippen LogP contribution in [-0.4, -0.2) is 39.9 Å². The maximum Gasteiger partial charge on any atom is 0.255 e. The molecule has 176 valence electrons. The minimum atomic E-state index is -0.603. The molecular formula is C26H24N6O3. The molecule has 1 aliphatic rings. The minimum Gasteiger partial charge on any atom is -0.497 e. The number of allylic oxidation sites excluding steroid dienone is 1. The second-order valence-electron chi connectivity index (χ2n) is 7.94. The van der Waals surface area contributed by atoms with Gasteiger partial charge in [-0.1, -0.05) is 18.2 Å². The Bertz CT molecular complexity index is 1400. The molecule has 4 aromatic rings. The molecule has 2 N–H and O–H groups in total. The first kappa shape index (κ1) is 22.1. The molecule has 0 fully saturated rings. The standard InChI is InChI=1S/C26H24N6O3/c1-16-22(25(33)29-18-9-5-4-6-10-18)23(20-12-11-19(34-2)14-21(20)35-3)32-26(28-16)30-24(31-32)17-8-7-13-27-15-17/h4-15,23H,1-3H3,(H,29,33)(H,28,30,31). The lowest BCUT2D eigenvalue weighted by atomic mass is 9.94. The van der Waals surface area contributed by atoms with E-state index < -0.39 is 6.04 Å². The fourth-order valence-electron chi connectivity index (χ4n) is 4.11. The molecule has 0 bridgehead atoms. The molecule has 0 spiro atoms. The molecule has 0 aliphatic carbocycles. The molecule has 1 amide bonds. The van der Waals surface area contributed by atoms with Crippen molar-refractivity contribution >= 4 is 17.5 Å². The largest absolute Gasteiger partial charge is 0.497 e. The number of para-hydroxylation sites is 1. The number of carbonyl (C=O) groups is 1. The first-order valence-corrected chi connectivity index (χ1v) is 11.0. The Hall–Kier alpha value is -4.66.